The summed E-state index contributed by atoms with van der Waals surface area (Å²) in [5, 5.41) is 2.61. The van der Waals surface area contributed by atoms with E-state index in [9.17, 15) is 0 Å². The van der Waals surface area contributed by atoms with E-state index < -0.39 is 0 Å². The van der Waals surface area contributed by atoms with Gasteiger partial charge in [-0.1, -0.05) is 164 Å². The molecule has 0 saturated heterocycles. The number of hydrogen-bond acceptors (Lipinski definition) is 1. The fraction of sp³-hybridized carbons (Fsp3) is 0.0588. The number of benzene rings is 8. The fourth-order valence-corrected chi connectivity index (χ4v) is 8.56. The maximum absolute atomic E-state index is 6.87. The first-order valence-corrected chi connectivity index (χ1v) is 18.7. The summed E-state index contributed by atoms with van der Waals surface area (Å²) in [6, 6.07) is 62.6. The van der Waals surface area contributed by atoms with Crippen LogP contribution in [0.4, 0.5) is 0 Å². The first kappa shape index (κ1) is 31.9. The predicted octanol–water partition coefficient (Wildman–Crippen LogP) is 11.7. The summed E-state index contributed by atoms with van der Waals surface area (Å²) in [7, 11) is 0. The van der Waals surface area contributed by atoms with E-state index in [-0.39, 0.29) is 0 Å². The zero-order chi connectivity index (χ0) is 36.0. The highest BCUT2D eigenvalue weighted by Gasteiger charge is 2.26. The molecule has 8 aromatic rings. The van der Waals surface area contributed by atoms with Crippen molar-refractivity contribution < 1.29 is 0 Å². The van der Waals surface area contributed by atoms with Gasteiger partial charge in [0.15, 0.2) is 5.84 Å². The maximum atomic E-state index is 6.87. The van der Waals surface area contributed by atoms with Crippen LogP contribution in [0.5, 0.6) is 0 Å². The SMILES string of the molecule is NC(=NC(=NCc1cccc2c1-c1cc(-c3ccccc3)c3ccccc3c1C2)c1ccccc1)c1ccc2c(c1)Cc1cccc(-c3ccccc3)c1-2. The largest absolute Gasteiger partial charge is 0.383 e. The highest BCUT2D eigenvalue weighted by Crippen LogP contribution is 2.46. The minimum atomic E-state index is 0.460. The molecular formula is C51H37N3. The lowest BCUT2D eigenvalue weighted by Crippen LogP contribution is -2.17. The van der Waals surface area contributed by atoms with Gasteiger partial charge in [-0.15, -0.1) is 0 Å². The summed E-state index contributed by atoms with van der Waals surface area (Å²) >= 11 is 0. The van der Waals surface area contributed by atoms with Crippen LogP contribution in [0.3, 0.4) is 0 Å². The van der Waals surface area contributed by atoms with Gasteiger partial charge in [0, 0.05) is 11.1 Å². The third-order valence-corrected chi connectivity index (χ3v) is 11.1. The Kier molecular flexibility index (Phi) is 7.84. The molecule has 256 valence electrons. The second kappa shape index (κ2) is 13.3. The smallest absolute Gasteiger partial charge is 0.157 e. The van der Waals surface area contributed by atoms with Crippen molar-refractivity contribution in [3.05, 3.63) is 215 Å². The molecule has 8 aromatic carbocycles. The van der Waals surface area contributed by atoms with Crippen LogP contribution in [-0.2, 0) is 19.4 Å². The van der Waals surface area contributed by atoms with Crippen molar-refractivity contribution >= 4 is 22.4 Å². The van der Waals surface area contributed by atoms with Crippen LogP contribution >= 0.6 is 0 Å². The van der Waals surface area contributed by atoms with E-state index in [0.29, 0.717) is 18.2 Å². The molecule has 10 rings (SSSR count). The third-order valence-electron chi connectivity index (χ3n) is 11.1. The van der Waals surface area contributed by atoms with Crippen LogP contribution in [0.25, 0.3) is 55.3 Å². The quantitative estimate of drug-likeness (QED) is 0.137. The number of nitrogens with zero attached hydrogens (tertiary/aromatic N) is 2. The Bertz CT molecular complexity index is 2780. The lowest BCUT2D eigenvalue weighted by atomic mass is 9.90. The Morgan fingerprint density at radius 1 is 0.463 bits per heavy atom. The van der Waals surface area contributed by atoms with E-state index in [1.807, 2.05) is 18.2 Å². The topological polar surface area (TPSA) is 50.7 Å². The highest BCUT2D eigenvalue weighted by atomic mass is 15.0. The predicted molar refractivity (Wildman–Crippen MR) is 225 cm³/mol. The normalized spacial score (nSPS) is 13.0. The van der Waals surface area contributed by atoms with Gasteiger partial charge >= 0.3 is 0 Å². The van der Waals surface area contributed by atoms with Crippen LogP contribution in [-0.4, -0.2) is 11.7 Å². The zero-order valence-corrected chi connectivity index (χ0v) is 29.8. The number of amidine groups is 2. The van der Waals surface area contributed by atoms with E-state index >= 15 is 0 Å². The average molecular weight is 692 g/mol. The van der Waals surface area contributed by atoms with Crippen LogP contribution < -0.4 is 5.73 Å². The van der Waals surface area contributed by atoms with Gasteiger partial charge in [0.1, 0.15) is 5.84 Å². The molecule has 3 nitrogen and oxygen atoms in total. The lowest BCUT2D eigenvalue weighted by molar-refractivity contribution is 1.06. The monoisotopic (exact) mass is 691 g/mol. The molecule has 0 spiro atoms. The maximum Gasteiger partial charge on any atom is 0.157 e. The number of aliphatic imine (C=N–C) groups is 2. The van der Waals surface area contributed by atoms with Crippen molar-refractivity contribution in [2.45, 2.75) is 19.4 Å². The zero-order valence-electron chi connectivity index (χ0n) is 29.8. The Balaban J connectivity index is 1.03. The van der Waals surface area contributed by atoms with Crippen LogP contribution in [0, 0.1) is 0 Å². The average Bonchev–Trinajstić information content (AvgIpc) is 3.81. The van der Waals surface area contributed by atoms with Gasteiger partial charge < -0.3 is 5.73 Å². The summed E-state index contributed by atoms with van der Waals surface area (Å²) in [6.45, 7) is 0.485. The standard InChI is InChI=1S/C51H37N3/c52-50(38-26-27-42-40(29-38)28-36-21-13-25-41(49(36)42)33-14-4-1-5-15-33)54-51(35-18-8-3-9-19-35)53-32-39-22-12-20-37-30-46-44-24-11-10-23-43(44)45(31-47(46)48(37)39)34-16-6-2-7-17-34/h1-27,29,31H,28,30,32H2,(H2,52,53,54). The van der Waals surface area contributed by atoms with Crippen molar-refractivity contribution in [1.82, 2.24) is 0 Å². The Morgan fingerprint density at radius 2 is 1.11 bits per heavy atom. The van der Waals surface area contributed by atoms with Crippen molar-refractivity contribution in [2.75, 3.05) is 0 Å². The Morgan fingerprint density at radius 3 is 1.87 bits per heavy atom. The first-order valence-electron chi connectivity index (χ1n) is 18.7. The van der Waals surface area contributed by atoms with Gasteiger partial charge in [-0.05, 0) is 108 Å². The summed E-state index contributed by atoms with van der Waals surface area (Å²) in [5.74, 6) is 1.09. The molecule has 0 fully saturated rings. The molecule has 0 heterocycles. The number of fused-ring (bicyclic) bond motifs is 8. The van der Waals surface area contributed by atoms with Gasteiger partial charge in [0.2, 0.25) is 0 Å². The fourth-order valence-electron chi connectivity index (χ4n) is 8.56. The van der Waals surface area contributed by atoms with Crippen LogP contribution in [0.15, 0.2) is 186 Å². The molecule has 0 saturated carbocycles. The number of hydrogen-bond donors (Lipinski definition) is 1. The molecule has 0 radical (unpaired) electrons. The molecule has 0 unspecified atom stereocenters. The van der Waals surface area contributed by atoms with Gasteiger partial charge in [-0.3, -0.25) is 4.99 Å². The van der Waals surface area contributed by atoms with E-state index in [1.165, 1.54) is 83.1 Å². The Hall–Kier alpha value is -6.84. The van der Waals surface area contributed by atoms with Gasteiger partial charge in [-0.2, -0.15) is 0 Å². The second-order valence-corrected chi connectivity index (χ2v) is 14.2. The molecule has 3 heteroatoms. The molecule has 0 atom stereocenters. The van der Waals surface area contributed by atoms with Crippen molar-refractivity contribution in [2.24, 2.45) is 15.7 Å². The molecule has 0 bridgehead atoms. The van der Waals surface area contributed by atoms with Crippen molar-refractivity contribution in [3.63, 3.8) is 0 Å². The third kappa shape index (κ3) is 5.53. The van der Waals surface area contributed by atoms with Crippen LogP contribution in [0.2, 0.25) is 0 Å². The van der Waals surface area contributed by atoms with Gasteiger partial charge in [0.25, 0.3) is 0 Å². The highest BCUT2D eigenvalue weighted by molar-refractivity contribution is 6.11. The van der Waals surface area contributed by atoms with E-state index in [1.54, 1.807) is 0 Å². The molecule has 2 aliphatic rings. The Labute approximate surface area is 315 Å². The van der Waals surface area contributed by atoms with Gasteiger partial charge in [0.05, 0.1) is 6.54 Å². The van der Waals surface area contributed by atoms with E-state index in [4.69, 9.17) is 15.7 Å². The molecule has 2 N–H and O–H groups in total. The lowest BCUT2D eigenvalue weighted by Gasteiger charge is -2.14. The molecule has 0 amide bonds. The summed E-state index contributed by atoms with van der Waals surface area (Å²) in [5.41, 5.74) is 25.4. The van der Waals surface area contributed by atoms with Gasteiger partial charge in [-0.25, -0.2) is 4.99 Å². The number of nitrogens with two attached hydrogens (primary N) is 1. The van der Waals surface area contributed by atoms with Crippen molar-refractivity contribution in [1.29, 1.82) is 0 Å². The second-order valence-electron chi connectivity index (χ2n) is 14.2. The molecular weight excluding hydrogens is 655 g/mol. The minimum Gasteiger partial charge on any atom is -0.383 e. The summed E-state index contributed by atoms with van der Waals surface area (Å²) < 4.78 is 0. The number of rotatable bonds is 6. The first-order chi connectivity index (χ1) is 26.7. The molecule has 2 aliphatic carbocycles. The van der Waals surface area contributed by atoms with E-state index in [0.717, 1.165) is 24.0 Å². The molecule has 0 aliphatic heterocycles. The van der Waals surface area contributed by atoms with Crippen molar-refractivity contribution in [3.8, 4) is 44.5 Å². The van der Waals surface area contributed by atoms with E-state index in [2.05, 4.69) is 158 Å². The molecule has 0 aromatic heterocycles. The van der Waals surface area contributed by atoms with Crippen LogP contribution in [0.1, 0.15) is 38.9 Å². The molecule has 54 heavy (non-hydrogen) atoms. The summed E-state index contributed by atoms with van der Waals surface area (Å²) in [6.07, 6.45) is 1.78. The minimum absolute atomic E-state index is 0.460. The summed E-state index contributed by atoms with van der Waals surface area (Å²) in [4.78, 5) is 10.3.